The minimum absolute atomic E-state index is 0.597. The fourth-order valence-corrected chi connectivity index (χ4v) is 2.24. The van der Waals surface area contributed by atoms with E-state index in [4.69, 9.17) is 4.74 Å². The number of fused-ring (bicyclic) bond motifs is 1. The predicted octanol–water partition coefficient (Wildman–Crippen LogP) is 3.36. The maximum absolute atomic E-state index is 5.81. The van der Waals surface area contributed by atoms with Crippen molar-refractivity contribution in [2.75, 3.05) is 5.43 Å². The number of nitrogens with zero attached hydrogens (tertiary/aromatic N) is 5. The lowest BCUT2D eigenvalue weighted by Gasteiger charge is -2.05. The van der Waals surface area contributed by atoms with Crippen LogP contribution in [0.4, 0.5) is 5.82 Å². The molecule has 4 aromatic rings. The van der Waals surface area contributed by atoms with Gasteiger partial charge in [-0.25, -0.2) is 0 Å². The highest BCUT2D eigenvalue weighted by molar-refractivity contribution is 5.80. The van der Waals surface area contributed by atoms with Crippen LogP contribution in [0.15, 0.2) is 78.2 Å². The normalized spacial score (nSPS) is 11.0. The van der Waals surface area contributed by atoms with Gasteiger partial charge in [0.1, 0.15) is 17.8 Å². The fraction of sp³-hybridized carbons (Fsp3) is 0. The fourth-order valence-electron chi connectivity index (χ4n) is 2.24. The number of anilines is 1. The van der Waals surface area contributed by atoms with Gasteiger partial charge in [-0.1, -0.05) is 30.3 Å². The van der Waals surface area contributed by atoms with Crippen molar-refractivity contribution in [2.24, 2.45) is 5.10 Å². The van der Waals surface area contributed by atoms with Gasteiger partial charge in [0.05, 0.1) is 6.21 Å². The number of ether oxygens (including phenoxy) is 1. The van der Waals surface area contributed by atoms with Gasteiger partial charge in [0.2, 0.25) is 0 Å². The minimum atomic E-state index is 0.597. The van der Waals surface area contributed by atoms with Crippen molar-refractivity contribution in [1.82, 2.24) is 19.8 Å². The number of benzene rings is 2. The molecule has 0 atom stereocenters. The van der Waals surface area contributed by atoms with Gasteiger partial charge in [-0.05, 0) is 42.0 Å². The molecule has 0 unspecified atom stereocenters. The van der Waals surface area contributed by atoms with Gasteiger partial charge in [-0.3, -0.25) is 5.43 Å². The van der Waals surface area contributed by atoms with Gasteiger partial charge in [-0.2, -0.15) is 9.62 Å². The molecule has 7 nitrogen and oxygen atoms in total. The summed E-state index contributed by atoms with van der Waals surface area (Å²) in [5.41, 5.74) is 4.47. The van der Waals surface area contributed by atoms with Crippen LogP contribution in [0.5, 0.6) is 11.5 Å². The second-order valence-electron chi connectivity index (χ2n) is 5.21. The van der Waals surface area contributed by atoms with Crippen LogP contribution in [0.3, 0.4) is 0 Å². The molecule has 2 heterocycles. The molecule has 0 saturated heterocycles. The molecule has 7 heteroatoms. The second kappa shape index (κ2) is 6.79. The van der Waals surface area contributed by atoms with Gasteiger partial charge in [0, 0.05) is 0 Å². The van der Waals surface area contributed by atoms with Crippen LogP contribution in [-0.2, 0) is 0 Å². The summed E-state index contributed by atoms with van der Waals surface area (Å²) in [5.74, 6) is 2.14. The number of hydrogen-bond acceptors (Lipinski definition) is 6. The predicted molar refractivity (Wildman–Crippen MR) is 95.0 cm³/mol. The van der Waals surface area contributed by atoms with Crippen molar-refractivity contribution in [3.8, 4) is 11.5 Å². The molecule has 0 aliphatic carbocycles. The van der Waals surface area contributed by atoms with Crippen molar-refractivity contribution in [3.05, 3.63) is 78.6 Å². The molecule has 0 amide bonds. The van der Waals surface area contributed by atoms with Gasteiger partial charge in [-0.15, -0.1) is 15.3 Å². The first-order chi connectivity index (χ1) is 12.4. The maximum atomic E-state index is 5.81. The van der Waals surface area contributed by atoms with E-state index in [1.807, 2.05) is 60.7 Å². The van der Waals surface area contributed by atoms with Gasteiger partial charge in [0.15, 0.2) is 11.5 Å². The quantitative estimate of drug-likeness (QED) is 0.448. The summed E-state index contributed by atoms with van der Waals surface area (Å²) in [5, 5.41) is 16.2. The van der Waals surface area contributed by atoms with E-state index in [-0.39, 0.29) is 0 Å². The Morgan fingerprint density at radius 3 is 2.76 bits per heavy atom. The zero-order valence-corrected chi connectivity index (χ0v) is 13.1. The van der Waals surface area contributed by atoms with Crippen molar-refractivity contribution in [2.45, 2.75) is 0 Å². The third kappa shape index (κ3) is 3.61. The monoisotopic (exact) mass is 330 g/mol. The number of rotatable bonds is 5. The zero-order valence-electron chi connectivity index (χ0n) is 13.1. The number of aromatic nitrogens is 4. The van der Waals surface area contributed by atoms with E-state index in [0.717, 1.165) is 17.1 Å². The lowest BCUT2D eigenvalue weighted by Crippen LogP contribution is -1.98. The Morgan fingerprint density at radius 1 is 0.960 bits per heavy atom. The Kier molecular flexibility index (Phi) is 4.03. The first-order valence-corrected chi connectivity index (χ1v) is 7.66. The Labute approximate surface area is 143 Å². The SMILES string of the molecule is C(=N\Nc1ccc2nncn2n1)/c1cccc(Oc2ccccc2)c1. The highest BCUT2D eigenvalue weighted by Gasteiger charge is 1.99. The Balaban J connectivity index is 1.44. The van der Waals surface area contributed by atoms with Crippen molar-refractivity contribution >= 4 is 17.7 Å². The molecule has 0 fully saturated rings. The molecule has 0 bridgehead atoms. The summed E-state index contributed by atoms with van der Waals surface area (Å²) in [6, 6.07) is 20.9. The molecule has 0 spiro atoms. The summed E-state index contributed by atoms with van der Waals surface area (Å²) < 4.78 is 7.39. The van der Waals surface area contributed by atoms with E-state index < -0.39 is 0 Å². The molecule has 4 rings (SSSR count). The highest BCUT2D eigenvalue weighted by Crippen LogP contribution is 2.21. The van der Waals surface area contributed by atoms with E-state index in [1.165, 1.54) is 6.33 Å². The van der Waals surface area contributed by atoms with Crippen molar-refractivity contribution in [3.63, 3.8) is 0 Å². The van der Waals surface area contributed by atoms with E-state index in [0.29, 0.717) is 11.5 Å². The Hall–Kier alpha value is -3.74. The molecule has 1 N–H and O–H groups in total. The Morgan fingerprint density at radius 2 is 1.84 bits per heavy atom. The maximum Gasteiger partial charge on any atom is 0.177 e. The second-order valence-corrected chi connectivity index (χ2v) is 5.21. The molecule has 0 aliphatic rings. The smallest absolute Gasteiger partial charge is 0.177 e. The topological polar surface area (TPSA) is 76.7 Å². The number of hydrazone groups is 1. The molecule has 0 saturated carbocycles. The Bertz CT molecular complexity index is 1010. The summed E-state index contributed by atoms with van der Waals surface area (Å²) in [4.78, 5) is 0. The average molecular weight is 330 g/mol. The molecule has 0 radical (unpaired) electrons. The molecule has 2 aromatic carbocycles. The molecule has 122 valence electrons. The number of nitrogens with one attached hydrogen (secondary N) is 1. The standard InChI is InChI=1S/C18H14N6O/c1-2-6-15(7-3-1)25-16-8-4-5-14(11-16)12-19-21-17-9-10-18-22-20-13-24(18)23-17/h1-13H,(H,21,23)/b19-12+. The van der Waals surface area contributed by atoms with E-state index in [2.05, 4.69) is 25.8 Å². The van der Waals surface area contributed by atoms with Gasteiger partial charge >= 0.3 is 0 Å². The number of hydrogen-bond donors (Lipinski definition) is 1. The van der Waals surface area contributed by atoms with Crippen LogP contribution in [0, 0.1) is 0 Å². The third-order valence-corrected chi connectivity index (χ3v) is 3.39. The van der Waals surface area contributed by atoms with Crippen LogP contribution >= 0.6 is 0 Å². The molecular weight excluding hydrogens is 316 g/mol. The zero-order chi connectivity index (χ0) is 16.9. The first kappa shape index (κ1) is 14.8. The lowest BCUT2D eigenvalue weighted by atomic mass is 10.2. The van der Waals surface area contributed by atoms with Crippen molar-refractivity contribution in [1.29, 1.82) is 0 Å². The van der Waals surface area contributed by atoms with Crippen LogP contribution in [0.2, 0.25) is 0 Å². The van der Waals surface area contributed by atoms with Gasteiger partial charge in [0.25, 0.3) is 0 Å². The highest BCUT2D eigenvalue weighted by atomic mass is 16.5. The largest absolute Gasteiger partial charge is 0.457 e. The molecule has 2 aromatic heterocycles. The first-order valence-electron chi connectivity index (χ1n) is 7.66. The lowest BCUT2D eigenvalue weighted by molar-refractivity contribution is 0.482. The van der Waals surface area contributed by atoms with Gasteiger partial charge < -0.3 is 4.74 Å². The summed E-state index contributed by atoms with van der Waals surface area (Å²) in [6.07, 6.45) is 3.24. The van der Waals surface area contributed by atoms with Crippen LogP contribution in [0.1, 0.15) is 5.56 Å². The van der Waals surface area contributed by atoms with Crippen LogP contribution in [-0.4, -0.2) is 26.0 Å². The van der Waals surface area contributed by atoms with E-state index in [9.17, 15) is 0 Å². The summed E-state index contributed by atoms with van der Waals surface area (Å²) >= 11 is 0. The minimum Gasteiger partial charge on any atom is -0.457 e. The number of para-hydroxylation sites is 1. The van der Waals surface area contributed by atoms with Crippen LogP contribution < -0.4 is 10.2 Å². The van der Waals surface area contributed by atoms with E-state index >= 15 is 0 Å². The third-order valence-electron chi connectivity index (χ3n) is 3.39. The summed E-state index contributed by atoms with van der Waals surface area (Å²) in [7, 11) is 0. The van der Waals surface area contributed by atoms with Crippen LogP contribution in [0.25, 0.3) is 5.65 Å². The molecule has 0 aliphatic heterocycles. The van der Waals surface area contributed by atoms with Crippen molar-refractivity contribution < 1.29 is 4.74 Å². The molecule has 25 heavy (non-hydrogen) atoms. The summed E-state index contributed by atoms with van der Waals surface area (Å²) in [6.45, 7) is 0. The molecular formula is C18H14N6O. The average Bonchev–Trinajstić information content (AvgIpc) is 3.11. The van der Waals surface area contributed by atoms with E-state index in [1.54, 1.807) is 16.8 Å².